The number of benzene rings is 2. The maximum atomic E-state index is 12.4. The van der Waals surface area contributed by atoms with Crippen molar-refractivity contribution >= 4 is 40.6 Å². The number of rotatable bonds is 3. The smallest absolute Gasteiger partial charge is 0.293 e. The number of imide groups is 1. The van der Waals surface area contributed by atoms with E-state index in [1.165, 1.54) is 17.0 Å². The van der Waals surface area contributed by atoms with Crippen LogP contribution in [0.3, 0.4) is 0 Å². The Morgan fingerprint density at radius 1 is 1.13 bits per heavy atom. The first-order chi connectivity index (χ1) is 11.0. The quantitative estimate of drug-likeness (QED) is 0.843. The van der Waals surface area contributed by atoms with Crippen LogP contribution in [0.1, 0.15) is 11.1 Å². The maximum Gasteiger partial charge on any atom is 0.293 e. The van der Waals surface area contributed by atoms with Gasteiger partial charge in [0.2, 0.25) is 0 Å². The minimum atomic E-state index is -0.326. The monoisotopic (exact) mass is 345 g/mol. The fourth-order valence-electron chi connectivity index (χ4n) is 2.18. The van der Waals surface area contributed by atoms with Gasteiger partial charge in [-0.3, -0.25) is 14.5 Å². The molecule has 0 aromatic heterocycles. The summed E-state index contributed by atoms with van der Waals surface area (Å²) in [6.07, 6.45) is 1.64. The molecule has 0 atom stereocenters. The number of carbonyl (C=O) groups is 2. The summed E-state index contributed by atoms with van der Waals surface area (Å²) in [5.74, 6) is -0.177. The summed E-state index contributed by atoms with van der Waals surface area (Å²) in [5.41, 5.74) is 1.54. The van der Waals surface area contributed by atoms with E-state index in [1.807, 2.05) is 6.07 Å². The number of carbonyl (C=O) groups excluding carboxylic acids is 2. The minimum Gasteiger partial charge on any atom is -0.508 e. The Bertz CT molecular complexity index is 802. The van der Waals surface area contributed by atoms with Crippen molar-refractivity contribution in [2.75, 3.05) is 0 Å². The highest BCUT2D eigenvalue weighted by Crippen LogP contribution is 2.33. The van der Waals surface area contributed by atoms with Crippen LogP contribution in [0, 0.1) is 0 Å². The lowest BCUT2D eigenvalue weighted by atomic mass is 10.2. The Kier molecular flexibility index (Phi) is 4.41. The van der Waals surface area contributed by atoms with E-state index in [0.717, 1.165) is 22.9 Å². The second kappa shape index (κ2) is 6.48. The number of hydrogen-bond acceptors (Lipinski definition) is 4. The predicted octanol–water partition coefficient (Wildman–Crippen LogP) is 4.28. The standard InChI is InChI=1S/C17H12ClNO3S/c18-13-3-1-2-12(8-13)10-19-16(21)15(23-17(19)22)9-11-4-6-14(20)7-5-11/h1-9,20H,10H2/b15-9-. The van der Waals surface area contributed by atoms with Gasteiger partial charge in [0.1, 0.15) is 5.75 Å². The number of hydrogen-bond donors (Lipinski definition) is 1. The molecule has 0 unspecified atom stereocenters. The fraction of sp³-hybridized carbons (Fsp3) is 0.0588. The van der Waals surface area contributed by atoms with Crippen molar-refractivity contribution in [3.63, 3.8) is 0 Å². The second-order valence-corrected chi connectivity index (χ2v) is 6.42. The molecule has 2 aromatic carbocycles. The Hall–Kier alpha value is -2.24. The normalized spacial score (nSPS) is 16.4. The molecule has 1 N–H and O–H groups in total. The van der Waals surface area contributed by atoms with Crippen LogP contribution in [0.15, 0.2) is 53.4 Å². The van der Waals surface area contributed by atoms with E-state index in [1.54, 1.807) is 36.4 Å². The van der Waals surface area contributed by atoms with Crippen LogP contribution in [0.25, 0.3) is 6.08 Å². The van der Waals surface area contributed by atoms with Crippen molar-refractivity contribution < 1.29 is 14.7 Å². The lowest BCUT2D eigenvalue weighted by Crippen LogP contribution is -2.27. The van der Waals surface area contributed by atoms with Gasteiger partial charge in [-0.25, -0.2) is 0 Å². The molecule has 0 aliphatic carbocycles. The van der Waals surface area contributed by atoms with E-state index in [0.29, 0.717) is 9.93 Å². The molecule has 1 aliphatic rings. The number of aromatic hydroxyl groups is 1. The van der Waals surface area contributed by atoms with E-state index < -0.39 is 0 Å². The molecule has 4 nitrogen and oxygen atoms in total. The first-order valence-electron chi connectivity index (χ1n) is 6.82. The van der Waals surface area contributed by atoms with E-state index in [2.05, 4.69) is 0 Å². The summed E-state index contributed by atoms with van der Waals surface area (Å²) in [6, 6.07) is 13.5. The van der Waals surface area contributed by atoms with E-state index >= 15 is 0 Å². The zero-order valence-electron chi connectivity index (χ0n) is 11.9. The van der Waals surface area contributed by atoms with Gasteiger partial charge in [-0.15, -0.1) is 0 Å². The maximum absolute atomic E-state index is 12.4. The fourth-order valence-corrected chi connectivity index (χ4v) is 3.23. The van der Waals surface area contributed by atoms with Crippen LogP contribution < -0.4 is 0 Å². The average molecular weight is 346 g/mol. The zero-order chi connectivity index (χ0) is 16.4. The van der Waals surface area contributed by atoms with Crippen molar-refractivity contribution in [1.82, 2.24) is 4.90 Å². The predicted molar refractivity (Wildman–Crippen MR) is 91.1 cm³/mol. The topological polar surface area (TPSA) is 57.6 Å². The van der Waals surface area contributed by atoms with Gasteiger partial charge in [-0.1, -0.05) is 35.9 Å². The average Bonchev–Trinajstić information content (AvgIpc) is 2.77. The van der Waals surface area contributed by atoms with Gasteiger partial charge >= 0.3 is 0 Å². The van der Waals surface area contributed by atoms with Gasteiger partial charge in [0.25, 0.3) is 11.1 Å². The Morgan fingerprint density at radius 2 is 1.87 bits per heavy atom. The first-order valence-corrected chi connectivity index (χ1v) is 8.01. The van der Waals surface area contributed by atoms with Gasteiger partial charge in [0.15, 0.2) is 0 Å². The summed E-state index contributed by atoms with van der Waals surface area (Å²) in [5, 5.41) is 9.53. The molecule has 23 heavy (non-hydrogen) atoms. The van der Waals surface area contributed by atoms with Crippen molar-refractivity contribution in [2.45, 2.75) is 6.54 Å². The Morgan fingerprint density at radius 3 is 2.57 bits per heavy atom. The molecule has 2 amide bonds. The number of amides is 2. The third-order valence-electron chi connectivity index (χ3n) is 3.29. The molecule has 0 spiro atoms. The third kappa shape index (κ3) is 3.57. The van der Waals surface area contributed by atoms with Gasteiger partial charge < -0.3 is 5.11 Å². The minimum absolute atomic E-state index is 0.149. The van der Waals surface area contributed by atoms with Crippen LogP contribution in [-0.4, -0.2) is 21.2 Å². The molecule has 2 aromatic rings. The van der Waals surface area contributed by atoms with Gasteiger partial charge in [-0.05, 0) is 53.2 Å². The first kappa shape index (κ1) is 15.6. The highest BCUT2D eigenvalue weighted by molar-refractivity contribution is 8.18. The van der Waals surface area contributed by atoms with Crippen LogP contribution in [-0.2, 0) is 11.3 Å². The summed E-state index contributed by atoms with van der Waals surface area (Å²) < 4.78 is 0. The number of phenols is 1. The number of thioether (sulfide) groups is 1. The molecular formula is C17H12ClNO3S. The van der Waals surface area contributed by atoms with Crippen molar-refractivity contribution in [1.29, 1.82) is 0 Å². The Balaban J connectivity index is 1.81. The summed E-state index contributed by atoms with van der Waals surface area (Å²) in [4.78, 5) is 26.1. The number of halogens is 1. The molecule has 1 fully saturated rings. The van der Waals surface area contributed by atoms with Crippen LogP contribution >= 0.6 is 23.4 Å². The molecule has 0 bridgehead atoms. The van der Waals surface area contributed by atoms with Crippen molar-refractivity contribution in [3.8, 4) is 5.75 Å². The van der Waals surface area contributed by atoms with Gasteiger partial charge in [-0.2, -0.15) is 0 Å². The number of nitrogens with zero attached hydrogens (tertiary/aromatic N) is 1. The van der Waals surface area contributed by atoms with Crippen molar-refractivity contribution in [3.05, 3.63) is 69.6 Å². The van der Waals surface area contributed by atoms with E-state index in [9.17, 15) is 14.7 Å². The Labute approximate surface area is 142 Å². The zero-order valence-corrected chi connectivity index (χ0v) is 13.5. The largest absolute Gasteiger partial charge is 0.508 e. The highest BCUT2D eigenvalue weighted by Gasteiger charge is 2.34. The van der Waals surface area contributed by atoms with E-state index in [4.69, 9.17) is 11.6 Å². The third-order valence-corrected chi connectivity index (χ3v) is 4.44. The molecule has 1 heterocycles. The molecule has 6 heteroatoms. The molecule has 0 radical (unpaired) electrons. The molecule has 3 rings (SSSR count). The molecule has 0 saturated carbocycles. The lowest BCUT2D eigenvalue weighted by Gasteiger charge is -2.12. The van der Waals surface area contributed by atoms with Crippen LogP contribution in [0.5, 0.6) is 5.75 Å². The molecular weight excluding hydrogens is 334 g/mol. The summed E-state index contributed by atoms with van der Waals surface area (Å²) in [7, 11) is 0. The lowest BCUT2D eigenvalue weighted by molar-refractivity contribution is -0.123. The molecule has 116 valence electrons. The SMILES string of the molecule is O=C1S/C(=C\c2ccc(O)cc2)C(=O)N1Cc1cccc(Cl)c1. The van der Waals surface area contributed by atoms with Crippen LogP contribution in [0.4, 0.5) is 4.79 Å². The van der Waals surface area contributed by atoms with Crippen LogP contribution in [0.2, 0.25) is 5.02 Å². The summed E-state index contributed by atoms with van der Waals surface area (Å²) >= 11 is 6.83. The molecule has 1 aliphatic heterocycles. The van der Waals surface area contributed by atoms with E-state index in [-0.39, 0.29) is 23.4 Å². The van der Waals surface area contributed by atoms with Crippen molar-refractivity contribution in [2.24, 2.45) is 0 Å². The number of phenolic OH excluding ortho intramolecular Hbond substituents is 1. The second-order valence-electron chi connectivity index (χ2n) is 4.99. The highest BCUT2D eigenvalue weighted by atomic mass is 35.5. The van der Waals surface area contributed by atoms with Gasteiger partial charge in [0, 0.05) is 5.02 Å². The summed E-state index contributed by atoms with van der Waals surface area (Å²) in [6.45, 7) is 0.193. The van der Waals surface area contributed by atoms with Gasteiger partial charge in [0.05, 0.1) is 11.4 Å². The molecule has 1 saturated heterocycles.